The zero-order valence-electron chi connectivity index (χ0n) is 11.8. The predicted octanol–water partition coefficient (Wildman–Crippen LogP) is 3.15. The maximum Gasteiger partial charge on any atom is 0.309 e. The molecule has 0 aliphatic carbocycles. The van der Waals surface area contributed by atoms with E-state index in [0.717, 1.165) is 15.7 Å². The van der Waals surface area contributed by atoms with Crippen LogP contribution in [0, 0.1) is 5.92 Å². The topological polar surface area (TPSA) is 43.4 Å². The number of rotatable bonds is 4. The number of ether oxygens (including phenoxy) is 1. The second kappa shape index (κ2) is 6.18. The number of esters is 1. The molecule has 0 radical (unpaired) electrons. The van der Waals surface area contributed by atoms with Crippen molar-refractivity contribution in [1.82, 2.24) is 0 Å². The molecular formula is C16H18O3S. The Bertz CT molecular complexity index is 651. The molecule has 2 aromatic rings. The molecule has 0 saturated heterocycles. The maximum absolute atomic E-state index is 12.6. The summed E-state index contributed by atoms with van der Waals surface area (Å²) in [6.45, 7) is 3.56. The first-order valence-electron chi connectivity index (χ1n) is 6.52. The molecule has 0 saturated carbocycles. The first kappa shape index (κ1) is 14.7. The molecule has 0 heterocycles. The van der Waals surface area contributed by atoms with E-state index in [0.29, 0.717) is 0 Å². The summed E-state index contributed by atoms with van der Waals surface area (Å²) in [4.78, 5) is 12.3. The summed E-state index contributed by atoms with van der Waals surface area (Å²) in [5, 5.41) is 1.88. The van der Waals surface area contributed by atoms with Crippen molar-refractivity contribution in [3.8, 4) is 0 Å². The molecule has 0 spiro atoms. The lowest BCUT2D eigenvalue weighted by Crippen LogP contribution is -2.28. The highest BCUT2D eigenvalue weighted by Crippen LogP contribution is 2.22. The van der Waals surface area contributed by atoms with Crippen LogP contribution in [0.1, 0.15) is 13.8 Å². The average molecular weight is 290 g/mol. The average Bonchev–Trinajstić information content (AvgIpc) is 2.51. The fourth-order valence-corrected chi connectivity index (χ4v) is 3.43. The van der Waals surface area contributed by atoms with Crippen molar-refractivity contribution in [2.75, 3.05) is 7.11 Å². The Morgan fingerprint density at radius 2 is 1.75 bits per heavy atom. The molecule has 20 heavy (non-hydrogen) atoms. The van der Waals surface area contributed by atoms with Crippen molar-refractivity contribution in [3.63, 3.8) is 0 Å². The van der Waals surface area contributed by atoms with Crippen molar-refractivity contribution in [1.29, 1.82) is 0 Å². The van der Waals surface area contributed by atoms with Crippen molar-refractivity contribution in [2.45, 2.75) is 24.0 Å². The fraction of sp³-hybridized carbons (Fsp3) is 0.312. The minimum atomic E-state index is -1.24. The Kier molecular flexibility index (Phi) is 4.55. The first-order chi connectivity index (χ1) is 9.54. The van der Waals surface area contributed by atoms with Gasteiger partial charge in [0.25, 0.3) is 0 Å². The number of carbonyl (C=O) groups excluding carboxylic acids is 1. The van der Waals surface area contributed by atoms with Crippen LogP contribution >= 0.6 is 0 Å². The Morgan fingerprint density at radius 1 is 1.10 bits per heavy atom. The molecule has 106 valence electrons. The van der Waals surface area contributed by atoms with Crippen LogP contribution in [0.5, 0.6) is 0 Å². The summed E-state index contributed by atoms with van der Waals surface area (Å²) < 4.78 is 17.3. The van der Waals surface area contributed by atoms with Crippen LogP contribution in [0.4, 0.5) is 0 Å². The number of benzene rings is 2. The fourth-order valence-electron chi connectivity index (χ4n) is 2.07. The summed E-state index contributed by atoms with van der Waals surface area (Å²) in [5.74, 6) is -0.723. The van der Waals surface area contributed by atoms with Gasteiger partial charge in [0.15, 0.2) is 0 Å². The second-order valence-electron chi connectivity index (χ2n) is 4.82. The molecule has 0 amide bonds. The van der Waals surface area contributed by atoms with Gasteiger partial charge in [-0.05, 0) is 29.8 Å². The molecule has 0 bridgehead atoms. The van der Waals surface area contributed by atoms with E-state index in [1.807, 2.05) is 49.4 Å². The van der Waals surface area contributed by atoms with Crippen LogP contribution in [0.15, 0.2) is 47.4 Å². The molecule has 2 rings (SSSR count). The Morgan fingerprint density at radius 3 is 2.40 bits per heavy atom. The van der Waals surface area contributed by atoms with Gasteiger partial charge in [-0.15, -0.1) is 0 Å². The quantitative estimate of drug-likeness (QED) is 0.812. The summed E-state index contributed by atoms with van der Waals surface area (Å²) in [6, 6.07) is 13.7. The normalized spacial score (nSPS) is 15.6. The zero-order valence-corrected chi connectivity index (χ0v) is 12.6. The third-order valence-electron chi connectivity index (χ3n) is 3.57. The molecule has 3 unspecified atom stereocenters. The van der Waals surface area contributed by atoms with Gasteiger partial charge in [0.05, 0.1) is 23.8 Å². The Labute approximate surface area is 121 Å². The van der Waals surface area contributed by atoms with Crippen LogP contribution in [0.25, 0.3) is 10.8 Å². The molecule has 0 aromatic heterocycles. The van der Waals surface area contributed by atoms with Gasteiger partial charge in [0.1, 0.15) is 0 Å². The molecule has 0 N–H and O–H groups in total. The van der Waals surface area contributed by atoms with Gasteiger partial charge in [0, 0.05) is 10.1 Å². The minimum Gasteiger partial charge on any atom is -0.469 e. The van der Waals surface area contributed by atoms with Crippen LogP contribution in [-0.4, -0.2) is 22.5 Å². The van der Waals surface area contributed by atoms with Gasteiger partial charge in [-0.3, -0.25) is 9.00 Å². The van der Waals surface area contributed by atoms with E-state index in [9.17, 15) is 9.00 Å². The number of methoxy groups -OCH3 is 1. The Balaban J connectivity index is 2.29. The van der Waals surface area contributed by atoms with Crippen molar-refractivity contribution >= 4 is 27.5 Å². The second-order valence-corrected chi connectivity index (χ2v) is 6.63. The summed E-state index contributed by atoms with van der Waals surface area (Å²) in [5.41, 5.74) is 0. The van der Waals surface area contributed by atoms with E-state index in [1.54, 1.807) is 6.92 Å². The van der Waals surface area contributed by atoms with E-state index in [4.69, 9.17) is 4.74 Å². The van der Waals surface area contributed by atoms with Gasteiger partial charge in [-0.2, -0.15) is 0 Å². The number of carbonyl (C=O) groups is 1. The lowest BCUT2D eigenvalue weighted by molar-refractivity contribution is -0.144. The third kappa shape index (κ3) is 2.90. The summed E-state index contributed by atoms with van der Waals surface area (Å²) in [6.07, 6.45) is 0. The van der Waals surface area contributed by atoms with Gasteiger partial charge in [0.2, 0.25) is 0 Å². The van der Waals surface area contributed by atoms with E-state index in [2.05, 4.69) is 0 Å². The van der Waals surface area contributed by atoms with E-state index < -0.39 is 16.7 Å². The van der Waals surface area contributed by atoms with E-state index in [-0.39, 0.29) is 11.2 Å². The number of hydrogen-bond acceptors (Lipinski definition) is 3. The predicted molar refractivity (Wildman–Crippen MR) is 81.0 cm³/mol. The van der Waals surface area contributed by atoms with Crippen LogP contribution < -0.4 is 0 Å². The number of fused-ring (bicyclic) bond motifs is 1. The standard InChI is InChI=1S/C16H18O3S/c1-11(16(17)19-3)12(2)20(18)15-9-8-13-6-4-5-7-14(13)10-15/h4-12H,1-3H3. The van der Waals surface area contributed by atoms with Crippen LogP contribution in [0.3, 0.4) is 0 Å². The van der Waals surface area contributed by atoms with Crippen molar-refractivity contribution in [3.05, 3.63) is 42.5 Å². The molecule has 0 fully saturated rings. The van der Waals surface area contributed by atoms with Crippen molar-refractivity contribution in [2.24, 2.45) is 5.92 Å². The number of hydrogen-bond donors (Lipinski definition) is 0. The molecular weight excluding hydrogens is 272 g/mol. The lowest BCUT2D eigenvalue weighted by atomic mass is 10.1. The molecule has 3 nitrogen and oxygen atoms in total. The summed E-state index contributed by atoms with van der Waals surface area (Å²) >= 11 is 0. The lowest BCUT2D eigenvalue weighted by Gasteiger charge is -2.17. The maximum atomic E-state index is 12.6. The van der Waals surface area contributed by atoms with E-state index >= 15 is 0 Å². The van der Waals surface area contributed by atoms with Crippen LogP contribution in [-0.2, 0) is 20.3 Å². The van der Waals surface area contributed by atoms with Gasteiger partial charge in [-0.25, -0.2) is 0 Å². The first-order valence-corrected chi connectivity index (χ1v) is 7.73. The molecule has 0 aliphatic heterocycles. The largest absolute Gasteiger partial charge is 0.469 e. The van der Waals surface area contributed by atoms with Crippen LogP contribution in [0.2, 0.25) is 0 Å². The smallest absolute Gasteiger partial charge is 0.309 e. The SMILES string of the molecule is COC(=O)C(C)C(C)S(=O)c1ccc2ccccc2c1. The van der Waals surface area contributed by atoms with Gasteiger partial charge < -0.3 is 4.74 Å². The highest BCUT2D eigenvalue weighted by Gasteiger charge is 2.26. The monoisotopic (exact) mass is 290 g/mol. The van der Waals surface area contributed by atoms with E-state index in [1.165, 1.54) is 7.11 Å². The summed E-state index contributed by atoms with van der Waals surface area (Å²) in [7, 11) is 0.114. The molecule has 4 heteroatoms. The molecule has 3 atom stereocenters. The third-order valence-corrected chi connectivity index (χ3v) is 5.37. The Hall–Kier alpha value is -1.68. The highest BCUT2D eigenvalue weighted by molar-refractivity contribution is 7.85. The highest BCUT2D eigenvalue weighted by atomic mass is 32.2. The molecule has 2 aromatic carbocycles. The molecule has 0 aliphatic rings. The van der Waals surface area contributed by atoms with Crippen molar-refractivity contribution < 1.29 is 13.7 Å². The van der Waals surface area contributed by atoms with Gasteiger partial charge in [-0.1, -0.05) is 37.3 Å². The van der Waals surface area contributed by atoms with Gasteiger partial charge >= 0.3 is 5.97 Å². The zero-order chi connectivity index (χ0) is 14.7. The minimum absolute atomic E-state index is 0.288.